The second kappa shape index (κ2) is 6.92. The summed E-state index contributed by atoms with van der Waals surface area (Å²) in [6, 6.07) is 14.0. The molecule has 0 heterocycles. The van der Waals surface area contributed by atoms with Crippen LogP contribution in [0.5, 0.6) is 5.75 Å². The summed E-state index contributed by atoms with van der Waals surface area (Å²) >= 11 is 8.12. The summed E-state index contributed by atoms with van der Waals surface area (Å²) in [5.74, 6) is -0.437. The Morgan fingerprint density at radius 1 is 1.29 bits per heavy atom. The van der Waals surface area contributed by atoms with Crippen molar-refractivity contribution in [3.8, 4) is 11.8 Å². The Kier molecular flexibility index (Phi) is 5.21. The third-order valence-electron chi connectivity index (χ3n) is 3.04. The highest BCUT2D eigenvalue weighted by atomic mass is 127. The second-order valence-corrected chi connectivity index (χ2v) is 5.90. The summed E-state index contributed by atoms with van der Waals surface area (Å²) in [6.07, 6.45) is 0. The number of nitrogens with zero attached hydrogens (tertiary/aromatic N) is 1. The summed E-state index contributed by atoms with van der Waals surface area (Å²) in [5.41, 5.74) is 1.07. The maximum absolute atomic E-state index is 12.5. The molecule has 0 spiro atoms. The van der Waals surface area contributed by atoms with Crippen molar-refractivity contribution in [3.63, 3.8) is 0 Å². The van der Waals surface area contributed by atoms with Gasteiger partial charge < -0.3 is 4.74 Å². The van der Waals surface area contributed by atoms with Crippen LogP contribution in [0.15, 0.2) is 42.5 Å². The molecule has 0 bridgehead atoms. The van der Waals surface area contributed by atoms with Gasteiger partial charge in [-0.25, -0.2) is 0 Å². The molecular formula is C16H11ClINO2. The lowest BCUT2D eigenvalue weighted by Crippen LogP contribution is -2.11. The fraction of sp³-hybridized carbons (Fsp3) is 0.125. The number of ketones is 1. The lowest BCUT2D eigenvalue weighted by molar-refractivity contribution is 0.0979. The van der Waals surface area contributed by atoms with E-state index in [2.05, 4.69) is 28.7 Å². The molecule has 0 aliphatic rings. The smallest absolute Gasteiger partial charge is 0.184 e. The van der Waals surface area contributed by atoms with Crippen LogP contribution in [0.4, 0.5) is 0 Å². The Morgan fingerprint density at radius 3 is 2.48 bits per heavy atom. The first-order valence-corrected chi connectivity index (χ1v) is 7.55. The number of halogens is 2. The molecule has 0 saturated carbocycles. The quantitative estimate of drug-likeness (QED) is 0.552. The first kappa shape index (κ1) is 15.8. The van der Waals surface area contributed by atoms with Crippen LogP contribution in [0.3, 0.4) is 0 Å². The zero-order valence-corrected chi connectivity index (χ0v) is 14.1. The summed E-state index contributed by atoms with van der Waals surface area (Å²) in [4.78, 5) is 12.5. The minimum atomic E-state index is -0.855. The average molecular weight is 412 g/mol. The van der Waals surface area contributed by atoms with E-state index in [1.807, 2.05) is 0 Å². The van der Waals surface area contributed by atoms with E-state index < -0.39 is 5.92 Å². The lowest BCUT2D eigenvalue weighted by atomic mass is 9.92. The molecule has 0 fully saturated rings. The molecule has 0 saturated heterocycles. The van der Waals surface area contributed by atoms with Crippen molar-refractivity contribution in [3.05, 3.63) is 62.2 Å². The van der Waals surface area contributed by atoms with E-state index in [4.69, 9.17) is 16.3 Å². The highest BCUT2D eigenvalue weighted by Crippen LogP contribution is 2.26. The minimum absolute atomic E-state index is 0.263. The molecule has 2 aromatic carbocycles. The van der Waals surface area contributed by atoms with E-state index in [9.17, 15) is 10.1 Å². The van der Waals surface area contributed by atoms with Crippen LogP contribution in [0, 0.1) is 14.9 Å². The monoisotopic (exact) mass is 411 g/mol. The van der Waals surface area contributed by atoms with Crippen molar-refractivity contribution in [2.45, 2.75) is 5.92 Å². The number of carbonyl (C=O) groups is 1. The highest BCUT2D eigenvalue weighted by molar-refractivity contribution is 14.1. The summed E-state index contributed by atoms with van der Waals surface area (Å²) in [7, 11) is 1.57. The van der Waals surface area contributed by atoms with Crippen LogP contribution in [-0.4, -0.2) is 12.9 Å². The molecule has 0 aliphatic carbocycles. The lowest BCUT2D eigenvalue weighted by Gasteiger charge is -2.10. The molecule has 2 aromatic rings. The number of Topliss-reactive ketones (excluding diaryl/α,β-unsaturated/α-hetero) is 1. The average Bonchev–Trinajstić information content (AvgIpc) is 2.51. The fourth-order valence-electron chi connectivity index (χ4n) is 1.90. The summed E-state index contributed by atoms with van der Waals surface area (Å²) < 4.78 is 5.94. The van der Waals surface area contributed by atoms with Gasteiger partial charge in [0.1, 0.15) is 11.7 Å². The zero-order chi connectivity index (χ0) is 15.4. The molecule has 21 heavy (non-hydrogen) atoms. The maximum atomic E-state index is 12.5. The zero-order valence-electron chi connectivity index (χ0n) is 11.1. The Bertz CT molecular complexity index is 707. The Hall–Kier alpha value is -1.58. The SMILES string of the molecule is COc1ccc(C(C#N)C(=O)c2ccc(I)c(Cl)c2)cc1. The van der Waals surface area contributed by atoms with Crippen molar-refractivity contribution in [1.29, 1.82) is 5.26 Å². The molecule has 1 unspecified atom stereocenters. The first-order valence-electron chi connectivity index (χ1n) is 6.09. The van der Waals surface area contributed by atoms with Crippen molar-refractivity contribution in [2.24, 2.45) is 0 Å². The molecule has 2 rings (SSSR count). The van der Waals surface area contributed by atoms with Crippen LogP contribution in [-0.2, 0) is 0 Å². The third-order valence-corrected chi connectivity index (χ3v) is 4.62. The van der Waals surface area contributed by atoms with Gasteiger partial charge in [-0.1, -0.05) is 29.8 Å². The topological polar surface area (TPSA) is 50.1 Å². The number of methoxy groups -OCH3 is 1. The molecular weight excluding hydrogens is 401 g/mol. The van der Waals surface area contributed by atoms with Crippen LogP contribution in [0.1, 0.15) is 21.8 Å². The van der Waals surface area contributed by atoms with Gasteiger partial charge in [-0.3, -0.25) is 4.79 Å². The third kappa shape index (κ3) is 3.55. The summed E-state index contributed by atoms with van der Waals surface area (Å²) in [5, 5.41) is 9.83. The number of nitriles is 1. The molecule has 0 amide bonds. The van der Waals surface area contributed by atoms with Crippen molar-refractivity contribution >= 4 is 40.0 Å². The van der Waals surface area contributed by atoms with E-state index >= 15 is 0 Å². The van der Waals surface area contributed by atoms with Gasteiger partial charge in [0, 0.05) is 9.13 Å². The normalized spacial score (nSPS) is 11.5. The van der Waals surface area contributed by atoms with E-state index in [0.717, 1.165) is 3.57 Å². The Morgan fingerprint density at radius 2 is 1.95 bits per heavy atom. The van der Waals surface area contributed by atoms with Gasteiger partial charge in [0.25, 0.3) is 0 Å². The van der Waals surface area contributed by atoms with Crippen LogP contribution >= 0.6 is 34.2 Å². The van der Waals surface area contributed by atoms with E-state index in [1.165, 1.54) is 0 Å². The van der Waals surface area contributed by atoms with E-state index in [-0.39, 0.29) is 5.78 Å². The van der Waals surface area contributed by atoms with Crippen LogP contribution in [0.25, 0.3) is 0 Å². The van der Waals surface area contributed by atoms with E-state index in [0.29, 0.717) is 21.9 Å². The minimum Gasteiger partial charge on any atom is -0.497 e. The van der Waals surface area contributed by atoms with Crippen LogP contribution < -0.4 is 4.74 Å². The molecule has 0 radical (unpaired) electrons. The first-order chi connectivity index (χ1) is 10.1. The number of hydrogen-bond acceptors (Lipinski definition) is 3. The van der Waals surface area contributed by atoms with Gasteiger partial charge in [0.15, 0.2) is 5.78 Å². The number of benzene rings is 2. The van der Waals surface area contributed by atoms with Gasteiger partial charge in [-0.15, -0.1) is 0 Å². The predicted molar refractivity (Wildman–Crippen MR) is 89.8 cm³/mol. The molecule has 0 aromatic heterocycles. The Balaban J connectivity index is 2.33. The van der Waals surface area contributed by atoms with E-state index in [1.54, 1.807) is 49.6 Å². The molecule has 0 aliphatic heterocycles. The van der Waals surface area contributed by atoms with Gasteiger partial charge in [-0.05, 0) is 52.4 Å². The fourth-order valence-corrected chi connectivity index (χ4v) is 2.41. The van der Waals surface area contributed by atoms with Gasteiger partial charge in [0.05, 0.1) is 18.2 Å². The van der Waals surface area contributed by atoms with Crippen LogP contribution in [0.2, 0.25) is 5.02 Å². The standard InChI is InChI=1S/C16H11ClINO2/c1-21-12-5-2-10(3-6-12)13(9-19)16(20)11-4-7-15(18)14(17)8-11/h2-8,13H,1H3. The van der Waals surface area contributed by atoms with Crippen molar-refractivity contribution in [2.75, 3.05) is 7.11 Å². The Labute approximate surface area is 141 Å². The second-order valence-electron chi connectivity index (χ2n) is 4.33. The summed E-state index contributed by atoms with van der Waals surface area (Å²) in [6.45, 7) is 0. The molecule has 5 heteroatoms. The number of hydrogen-bond donors (Lipinski definition) is 0. The highest BCUT2D eigenvalue weighted by Gasteiger charge is 2.22. The van der Waals surface area contributed by atoms with Gasteiger partial charge in [-0.2, -0.15) is 5.26 Å². The number of rotatable bonds is 4. The van der Waals surface area contributed by atoms with Gasteiger partial charge >= 0.3 is 0 Å². The number of ether oxygens (including phenoxy) is 1. The molecule has 0 N–H and O–H groups in total. The molecule has 3 nitrogen and oxygen atoms in total. The predicted octanol–water partition coefficient (Wildman–Crippen LogP) is 4.44. The maximum Gasteiger partial charge on any atom is 0.184 e. The molecule has 106 valence electrons. The largest absolute Gasteiger partial charge is 0.497 e. The van der Waals surface area contributed by atoms with Gasteiger partial charge in [0.2, 0.25) is 0 Å². The number of carbonyl (C=O) groups excluding carboxylic acids is 1. The van der Waals surface area contributed by atoms with Crippen molar-refractivity contribution < 1.29 is 9.53 Å². The molecule has 1 atom stereocenters. The van der Waals surface area contributed by atoms with Crippen molar-refractivity contribution in [1.82, 2.24) is 0 Å².